The highest BCUT2D eigenvalue weighted by Crippen LogP contribution is 2.52. The van der Waals surface area contributed by atoms with Crippen molar-refractivity contribution >= 4 is 38.4 Å². The van der Waals surface area contributed by atoms with E-state index >= 15 is 0 Å². The first-order valence-electron chi connectivity index (χ1n) is 8.29. The zero-order chi connectivity index (χ0) is 18.1. The van der Waals surface area contributed by atoms with Crippen molar-refractivity contribution in [3.63, 3.8) is 0 Å². The van der Waals surface area contributed by atoms with Crippen LogP contribution in [0.15, 0.2) is 36.5 Å². The number of carbonyl (C=O) groups is 1. The quantitative estimate of drug-likeness (QED) is 0.581. The number of nitrogens with two attached hydrogens (primary N) is 1. The second-order valence-electron chi connectivity index (χ2n) is 6.78. The first kappa shape index (κ1) is 15.5. The van der Waals surface area contributed by atoms with Crippen LogP contribution in [0.25, 0.3) is 32.2 Å². The summed E-state index contributed by atoms with van der Waals surface area (Å²) in [6.07, 6.45) is 0.701. The Bertz CT molecular complexity index is 1200. The molecule has 7 heteroatoms. The standard InChI is InChI=1S/C19H15FN4OS/c1-9-12(4-2-11-8-22-24-16(9)11)10-3-5-13-14(6-10)26-18(23-13)19(17(21)25)7-15(19)20/h2-6,8,15H,7H2,1H3,(H2,21,25)(H,22,24)/t15-,19+/m0/s1. The lowest BCUT2D eigenvalue weighted by Gasteiger charge is -2.07. The van der Waals surface area contributed by atoms with Crippen molar-refractivity contribution in [3.05, 3.63) is 47.1 Å². The minimum absolute atomic E-state index is 0.130. The molecule has 0 bridgehead atoms. The highest BCUT2D eigenvalue weighted by Gasteiger charge is 2.63. The average molecular weight is 366 g/mol. The van der Waals surface area contributed by atoms with Gasteiger partial charge < -0.3 is 5.73 Å². The molecule has 1 saturated carbocycles. The molecule has 0 radical (unpaired) electrons. The number of hydrogen-bond donors (Lipinski definition) is 2. The number of aryl methyl sites for hydroxylation is 1. The SMILES string of the molecule is Cc1c(-c2ccc3nc([C@]4(C(N)=O)C[C@@H]4F)sc3c2)ccc2cn[nH]c12. The lowest BCUT2D eigenvalue weighted by molar-refractivity contribution is -0.120. The Morgan fingerprint density at radius 2 is 2.19 bits per heavy atom. The van der Waals surface area contributed by atoms with Gasteiger partial charge in [-0.3, -0.25) is 9.89 Å². The molecule has 2 heterocycles. The van der Waals surface area contributed by atoms with Crippen LogP contribution >= 0.6 is 11.3 Å². The maximum atomic E-state index is 13.9. The van der Waals surface area contributed by atoms with E-state index in [0.29, 0.717) is 5.01 Å². The molecule has 26 heavy (non-hydrogen) atoms. The first-order valence-corrected chi connectivity index (χ1v) is 9.10. The molecule has 5 rings (SSSR count). The number of amides is 1. The molecular weight excluding hydrogens is 351 g/mol. The molecule has 1 fully saturated rings. The zero-order valence-electron chi connectivity index (χ0n) is 13.9. The topological polar surface area (TPSA) is 84.7 Å². The third-order valence-electron chi connectivity index (χ3n) is 5.27. The van der Waals surface area contributed by atoms with Gasteiger partial charge in [-0.2, -0.15) is 5.10 Å². The van der Waals surface area contributed by atoms with Crippen LogP contribution in [-0.2, 0) is 10.2 Å². The number of aromatic amines is 1. The largest absolute Gasteiger partial charge is 0.369 e. The fourth-order valence-electron chi connectivity index (χ4n) is 3.56. The van der Waals surface area contributed by atoms with Crippen molar-refractivity contribution in [2.75, 3.05) is 0 Å². The van der Waals surface area contributed by atoms with Crippen molar-refractivity contribution < 1.29 is 9.18 Å². The van der Waals surface area contributed by atoms with Gasteiger partial charge in [0.05, 0.1) is 21.9 Å². The smallest absolute Gasteiger partial charge is 0.233 e. The number of halogens is 1. The van der Waals surface area contributed by atoms with Gasteiger partial charge in [-0.05, 0) is 35.7 Å². The van der Waals surface area contributed by atoms with Crippen LogP contribution < -0.4 is 5.73 Å². The Labute approximate surface area is 152 Å². The summed E-state index contributed by atoms with van der Waals surface area (Å²) in [5.74, 6) is -0.634. The van der Waals surface area contributed by atoms with Crippen LogP contribution in [0.1, 0.15) is 17.0 Å². The monoisotopic (exact) mass is 366 g/mol. The number of hydrogen-bond acceptors (Lipinski definition) is 4. The number of alkyl halides is 1. The van der Waals surface area contributed by atoms with Gasteiger partial charge in [0, 0.05) is 11.8 Å². The van der Waals surface area contributed by atoms with E-state index in [0.717, 1.165) is 37.8 Å². The molecule has 1 aliphatic rings. The van der Waals surface area contributed by atoms with Gasteiger partial charge >= 0.3 is 0 Å². The van der Waals surface area contributed by atoms with E-state index in [1.807, 2.05) is 24.3 Å². The van der Waals surface area contributed by atoms with Crippen molar-refractivity contribution in [1.29, 1.82) is 0 Å². The first-order chi connectivity index (χ1) is 12.5. The predicted molar refractivity (Wildman–Crippen MR) is 99.8 cm³/mol. The molecule has 5 nitrogen and oxygen atoms in total. The summed E-state index contributed by atoms with van der Waals surface area (Å²) in [5, 5.41) is 8.67. The Balaban J connectivity index is 1.64. The summed E-state index contributed by atoms with van der Waals surface area (Å²) in [5.41, 5.74) is 9.24. The minimum Gasteiger partial charge on any atom is -0.369 e. The van der Waals surface area contributed by atoms with Gasteiger partial charge in [-0.1, -0.05) is 18.2 Å². The lowest BCUT2D eigenvalue weighted by Crippen LogP contribution is -2.30. The third kappa shape index (κ3) is 1.97. The number of aromatic nitrogens is 3. The average Bonchev–Trinajstić information content (AvgIpc) is 3.00. The van der Waals surface area contributed by atoms with Crippen molar-refractivity contribution in [3.8, 4) is 11.1 Å². The number of rotatable bonds is 3. The molecule has 2 aromatic carbocycles. The van der Waals surface area contributed by atoms with E-state index in [-0.39, 0.29) is 6.42 Å². The number of fused-ring (bicyclic) bond motifs is 2. The Morgan fingerprint density at radius 1 is 1.38 bits per heavy atom. The second-order valence-corrected chi connectivity index (χ2v) is 7.81. The summed E-state index contributed by atoms with van der Waals surface area (Å²) in [4.78, 5) is 16.2. The molecule has 0 spiro atoms. The molecule has 1 aliphatic carbocycles. The van der Waals surface area contributed by atoms with Gasteiger partial charge in [0.1, 0.15) is 16.6 Å². The number of thiazole rings is 1. The van der Waals surface area contributed by atoms with E-state index in [1.165, 1.54) is 11.3 Å². The normalized spacial score (nSPS) is 22.2. The number of nitrogens with one attached hydrogen (secondary N) is 1. The van der Waals surface area contributed by atoms with Crippen LogP contribution in [0.5, 0.6) is 0 Å². The molecule has 2 atom stereocenters. The van der Waals surface area contributed by atoms with E-state index in [1.54, 1.807) is 6.20 Å². The summed E-state index contributed by atoms with van der Waals surface area (Å²) >= 11 is 1.35. The van der Waals surface area contributed by atoms with Gasteiger partial charge in [-0.15, -0.1) is 11.3 Å². The molecule has 4 aromatic rings. The molecule has 3 N–H and O–H groups in total. The van der Waals surface area contributed by atoms with Gasteiger partial charge in [-0.25, -0.2) is 9.37 Å². The van der Waals surface area contributed by atoms with Crippen molar-refractivity contribution in [2.24, 2.45) is 5.73 Å². The predicted octanol–water partition coefficient (Wildman–Crippen LogP) is 3.61. The molecule has 0 saturated heterocycles. The minimum atomic E-state index is -1.23. The summed E-state index contributed by atoms with van der Waals surface area (Å²) in [6.45, 7) is 2.05. The summed E-state index contributed by atoms with van der Waals surface area (Å²) < 4.78 is 14.8. The summed E-state index contributed by atoms with van der Waals surface area (Å²) in [7, 11) is 0. The number of primary amides is 1. The van der Waals surface area contributed by atoms with Crippen LogP contribution in [0.4, 0.5) is 4.39 Å². The number of benzene rings is 2. The van der Waals surface area contributed by atoms with Crippen molar-refractivity contribution in [2.45, 2.75) is 24.9 Å². The summed E-state index contributed by atoms with van der Waals surface area (Å²) in [6, 6.07) is 10.0. The highest BCUT2D eigenvalue weighted by atomic mass is 32.1. The molecular formula is C19H15FN4OS. The fraction of sp³-hybridized carbons (Fsp3) is 0.211. The van der Waals surface area contributed by atoms with Crippen LogP contribution in [0.2, 0.25) is 0 Å². The maximum absolute atomic E-state index is 13.9. The zero-order valence-corrected chi connectivity index (χ0v) is 14.7. The molecule has 0 aliphatic heterocycles. The Kier molecular flexibility index (Phi) is 3.04. The van der Waals surface area contributed by atoms with Gasteiger partial charge in [0.25, 0.3) is 0 Å². The second kappa shape index (κ2) is 5.11. The highest BCUT2D eigenvalue weighted by molar-refractivity contribution is 7.18. The third-order valence-corrected chi connectivity index (χ3v) is 6.47. The van der Waals surface area contributed by atoms with Gasteiger partial charge in [0.2, 0.25) is 5.91 Å². The van der Waals surface area contributed by atoms with E-state index in [4.69, 9.17) is 5.73 Å². The van der Waals surface area contributed by atoms with E-state index in [2.05, 4.69) is 28.2 Å². The Hall–Kier alpha value is -2.80. The maximum Gasteiger partial charge on any atom is 0.233 e. The molecule has 0 unspecified atom stereocenters. The van der Waals surface area contributed by atoms with Crippen LogP contribution in [-0.4, -0.2) is 27.3 Å². The van der Waals surface area contributed by atoms with Gasteiger partial charge in [0.15, 0.2) is 0 Å². The molecule has 2 aromatic heterocycles. The van der Waals surface area contributed by atoms with Crippen LogP contribution in [0.3, 0.4) is 0 Å². The van der Waals surface area contributed by atoms with Crippen LogP contribution in [0, 0.1) is 6.92 Å². The number of H-pyrrole nitrogens is 1. The molecule has 1 amide bonds. The Morgan fingerprint density at radius 3 is 2.92 bits per heavy atom. The van der Waals surface area contributed by atoms with E-state index in [9.17, 15) is 9.18 Å². The number of nitrogens with zero attached hydrogens (tertiary/aromatic N) is 2. The van der Waals surface area contributed by atoms with E-state index < -0.39 is 17.5 Å². The number of carbonyl (C=O) groups excluding carboxylic acids is 1. The van der Waals surface area contributed by atoms with Crippen molar-refractivity contribution in [1.82, 2.24) is 15.2 Å². The molecule has 130 valence electrons. The lowest BCUT2D eigenvalue weighted by atomic mass is 9.98. The fourth-order valence-corrected chi connectivity index (χ4v) is 4.81.